The first-order valence-corrected chi connectivity index (χ1v) is 6.45. The lowest BCUT2D eigenvalue weighted by molar-refractivity contribution is -0.688. The fraction of sp³-hybridized carbons (Fsp3) is 0.0833. The molecule has 5 heteroatoms. The molecule has 17 heavy (non-hydrogen) atoms. The van der Waals surface area contributed by atoms with Gasteiger partial charge >= 0.3 is 0 Å². The van der Waals surface area contributed by atoms with Crippen molar-refractivity contribution < 1.29 is 17.5 Å². The highest BCUT2D eigenvalue weighted by Gasteiger charge is 2.04. The zero-order valence-electron chi connectivity index (χ0n) is 8.98. The number of rotatable bonds is 3. The van der Waals surface area contributed by atoms with E-state index in [1.54, 1.807) is 12.1 Å². The van der Waals surface area contributed by atoms with Gasteiger partial charge in [-0.05, 0) is 12.1 Å². The number of pyridine rings is 1. The van der Waals surface area contributed by atoms with Crippen LogP contribution in [0, 0.1) is 0 Å². The normalized spacial score (nSPS) is 11.4. The lowest BCUT2D eigenvalue weighted by Crippen LogP contribution is -2.32. The van der Waals surface area contributed by atoms with Crippen molar-refractivity contribution in [3.8, 4) is 0 Å². The van der Waals surface area contributed by atoms with Gasteiger partial charge in [0.1, 0.15) is 10.1 Å². The van der Waals surface area contributed by atoms with E-state index in [0.29, 0.717) is 6.54 Å². The molecule has 4 nitrogen and oxygen atoms in total. The van der Waals surface area contributed by atoms with Gasteiger partial charge in [0.2, 0.25) is 0 Å². The number of benzene rings is 1. The monoisotopic (exact) mass is 249 g/mol. The summed E-state index contributed by atoms with van der Waals surface area (Å²) >= 11 is 0. The Hall–Kier alpha value is -1.72. The van der Waals surface area contributed by atoms with Crippen molar-refractivity contribution >= 4 is 10.1 Å². The summed E-state index contributed by atoms with van der Waals surface area (Å²) in [5, 5.41) is 0. The Labute approximate surface area is 99.9 Å². The number of hydrogen-bond acceptors (Lipinski definition) is 3. The van der Waals surface area contributed by atoms with E-state index < -0.39 is 10.1 Å². The minimum absolute atomic E-state index is 0.195. The van der Waals surface area contributed by atoms with Gasteiger partial charge in [-0.25, -0.2) is 13.0 Å². The molecule has 0 fully saturated rings. The van der Waals surface area contributed by atoms with Crippen LogP contribution in [-0.4, -0.2) is 13.0 Å². The molecule has 2 rings (SSSR count). The third-order valence-corrected chi connectivity index (χ3v) is 3.20. The van der Waals surface area contributed by atoms with E-state index in [9.17, 15) is 13.0 Å². The molecule has 0 saturated heterocycles. The van der Waals surface area contributed by atoms with E-state index in [1.165, 1.54) is 12.1 Å². The molecule has 2 aromatic rings. The van der Waals surface area contributed by atoms with Gasteiger partial charge in [0.25, 0.3) is 0 Å². The molecule has 88 valence electrons. The lowest BCUT2D eigenvalue weighted by atomic mass is 10.2. The smallest absolute Gasteiger partial charge is 0.173 e. The second-order valence-electron chi connectivity index (χ2n) is 3.65. The minimum Gasteiger partial charge on any atom is -0.744 e. The van der Waals surface area contributed by atoms with Gasteiger partial charge in [0.15, 0.2) is 18.9 Å². The Bertz CT molecular complexity index is 591. The molecule has 0 aliphatic rings. The molecule has 0 atom stereocenters. The molecule has 1 aromatic carbocycles. The Morgan fingerprint density at radius 1 is 1.00 bits per heavy atom. The summed E-state index contributed by atoms with van der Waals surface area (Å²) in [6.07, 6.45) is 3.83. The first kappa shape index (κ1) is 11.8. The van der Waals surface area contributed by atoms with Crippen LogP contribution in [0.25, 0.3) is 0 Å². The minimum atomic E-state index is -4.35. The van der Waals surface area contributed by atoms with Crippen LogP contribution in [-0.2, 0) is 16.7 Å². The zero-order chi connectivity index (χ0) is 12.3. The van der Waals surface area contributed by atoms with Crippen LogP contribution in [0.15, 0.2) is 59.8 Å². The SMILES string of the molecule is O=S(=O)([O-])c1ccc(C[n+]2ccccc2)cc1. The van der Waals surface area contributed by atoms with Gasteiger partial charge in [-0.15, -0.1) is 0 Å². The number of nitrogens with zero attached hydrogens (tertiary/aromatic N) is 1. The summed E-state index contributed by atoms with van der Waals surface area (Å²) in [6, 6.07) is 11.7. The van der Waals surface area contributed by atoms with Gasteiger partial charge in [-0.1, -0.05) is 18.2 Å². The predicted octanol–water partition coefficient (Wildman–Crippen LogP) is 0.927. The third kappa shape index (κ3) is 3.12. The maximum atomic E-state index is 10.7. The summed E-state index contributed by atoms with van der Waals surface area (Å²) in [5.41, 5.74) is 0.939. The van der Waals surface area contributed by atoms with E-state index in [-0.39, 0.29) is 4.90 Å². The molecule has 0 N–H and O–H groups in total. The quantitative estimate of drug-likeness (QED) is 0.600. The maximum absolute atomic E-state index is 10.7. The van der Waals surface area contributed by atoms with Crippen molar-refractivity contribution in [2.75, 3.05) is 0 Å². The van der Waals surface area contributed by atoms with Crippen molar-refractivity contribution in [2.24, 2.45) is 0 Å². The number of aromatic nitrogens is 1. The van der Waals surface area contributed by atoms with Gasteiger partial charge in [-0.2, -0.15) is 0 Å². The summed E-state index contributed by atoms with van der Waals surface area (Å²) in [7, 11) is -4.35. The van der Waals surface area contributed by atoms with E-state index in [1.807, 2.05) is 35.2 Å². The van der Waals surface area contributed by atoms with Gasteiger partial charge < -0.3 is 4.55 Å². The van der Waals surface area contributed by atoms with Crippen LogP contribution in [0.2, 0.25) is 0 Å². The van der Waals surface area contributed by atoms with Crippen LogP contribution >= 0.6 is 0 Å². The van der Waals surface area contributed by atoms with Crippen molar-refractivity contribution in [3.63, 3.8) is 0 Å². The highest BCUT2D eigenvalue weighted by Crippen LogP contribution is 2.09. The second kappa shape index (κ2) is 4.65. The average molecular weight is 249 g/mol. The molecule has 0 aliphatic carbocycles. The molecule has 0 saturated carbocycles. The first-order chi connectivity index (χ1) is 8.05. The second-order valence-corrected chi connectivity index (χ2v) is 5.03. The van der Waals surface area contributed by atoms with Gasteiger partial charge in [-0.3, -0.25) is 0 Å². The van der Waals surface area contributed by atoms with Crippen molar-refractivity contribution in [2.45, 2.75) is 11.4 Å². The highest BCUT2D eigenvalue weighted by atomic mass is 32.2. The standard InChI is InChI=1S/C12H11NO3S/c14-17(15,16)12-6-4-11(5-7-12)10-13-8-2-1-3-9-13/h1-9H,10H2. The Morgan fingerprint density at radius 3 is 2.12 bits per heavy atom. The molecule has 0 radical (unpaired) electrons. The predicted molar refractivity (Wildman–Crippen MR) is 60.1 cm³/mol. The maximum Gasteiger partial charge on any atom is 0.173 e. The van der Waals surface area contributed by atoms with Crippen LogP contribution in [0.1, 0.15) is 5.56 Å². The molecule has 0 unspecified atom stereocenters. The Kier molecular flexibility index (Phi) is 3.21. The number of hydrogen-bond donors (Lipinski definition) is 0. The van der Waals surface area contributed by atoms with Gasteiger partial charge in [0, 0.05) is 17.7 Å². The first-order valence-electron chi connectivity index (χ1n) is 5.05. The van der Waals surface area contributed by atoms with Crippen molar-refractivity contribution in [3.05, 3.63) is 60.4 Å². The van der Waals surface area contributed by atoms with Gasteiger partial charge in [0.05, 0.1) is 4.90 Å². The van der Waals surface area contributed by atoms with E-state index in [4.69, 9.17) is 0 Å². The average Bonchev–Trinajstić information content (AvgIpc) is 2.30. The topological polar surface area (TPSA) is 61.1 Å². The van der Waals surface area contributed by atoms with E-state index >= 15 is 0 Å². The third-order valence-electron chi connectivity index (χ3n) is 2.35. The summed E-state index contributed by atoms with van der Waals surface area (Å²) in [6.45, 7) is 0.639. The van der Waals surface area contributed by atoms with Crippen LogP contribution in [0.3, 0.4) is 0 Å². The van der Waals surface area contributed by atoms with Crippen LogP contribution in [0.4, 0.5) is 0 Å². The molecule has 0 amide bonds. The fourth-order valence-electron chi connectivity index (χ4n) is 1.51. The van der Waals surface area contributed by atoms with Crippen molar-refractivity contribution in [1.29, 1.82) is 0 Å². The zero-order valence-corrected chi connectivity index (χ0v) is 9.80. The molecule has 0 aliphatic heterocycles. The van der Waals surface area contributed by atoms with E-state index in [0.717, 1.165) is 5.56 Å². The molecule has 1 aromatic heterocycles. The Balaban J connectivity index is 2.20. The van der Waals surface area contributed by atoms with Crippen LogP contribution < -0.4 is 4.57 Å². The largest absolute Gasteiger partial charge is 0.744 e. The molecule has 1 heterocycles. The summed E-state index contributed by atoms with van der Waals surface area (Å²) in [4.78, 5) is -0.195. The molecular formula is C12H11NO3S. The van der Waals surface area contributed by atoms with E-state index in [2.05, 4.69) is 0 Å². The summed E-state index contributed by atoms with van der Waals surface area (Å²) in [5.74, 6) is 0. The molecule has 0 bridgehead atoms. The highest BCUT2D eigenvalue weighted by molar-refractivity contribution is 7.85. The fourth-order valence-corrected chi connectivity index (χ4v) is 1.98. The molecule has 0 spiro atoms. The van der Waals surface area contributed by atoms with Crippen molar-refractivity contribution in [1.82, 2.24) is 0 Å². The molecular weight excluding hydrogens is 238 g/mol. The summed E-state index contributed by atoms with van der Waals surface area (Å²) < 4.78 is 34.2. The Morgan fingerprint density at radius 2 is 1.59 bits per heavy atom. The lowest BCUT2D eigenvalue weighted by Gasteiger charge is -2.06. The van der Waals surface area contributed by atoms with Crippen LogP contribution in [0.5, 0.6) is 0 Å².